The van der Waals surface area contributed by atoms with Gasteiger partial charge in [-0.2, -0.15) is 18.0 Å². The Bertz CT molecular complexity index is 1640. The first-order chi connectivity index (χ1) is 23.1. The number of aliphatic carboxylic acids is 1. The van der Waals surface area contributed by atoms with Crippen molar-refractivity contribution in [3.63, 3.8) is 0 Å². The van der Waals surface area contributed by atoms with Gasteiger partial charge in [0.05, 0.1) is 10.8 Å². The van der Waals surface area contributed by atoms with Crippen molar-refractivity contribution in [1.29, 1.82) is 0 Å². The summed E-state index contributed by atoms with van der Waals surface area (Å²) in [4.78, 5) is 27.0. The van der Waals surface area contributed by atoms with Crippen LogP contribution in [-0.2, 0) is 11.2 Å². The van der Waals surface area contributed by atoms with Crippen molar-refractivity contribution in [2.45, 2.75) is 77.9 Å². The van der Waals surface area contributed by atoms with E-state index in [1.54, 1.807) is 33.2 Å². The number of ether oxygens (including phenoxy) is 1. The first kappa shape index (κ1) is 37.8. The monoisotopic (exact) mass is 701 g/mol. The minimum Gasteiger partial charge on any atom is -0.481 e. The van der Waals surface area contributed by atoms with Gasteiger partial charge < -0.3 is 14.7 Å². The van der Waals surface area contributed by atoms with Gasteiger partial charge in [-0.05, 0) is 83.5 Å². The van der Waals surface area contributed by atoms with E-state index in [1.165, 1.54) is 22.7 Å². The number of aromatic nitrogens is 3. The molecule has 0 fully saturated rings. The summed E-state index contributed by atoms with van der Waals surface area (Å²) in [7, 11) is 1.85. The first-order valence-corrected chi connectivity index (χ1v) is 17.1. The number of carbonyl (C=O) groups is 1. The molecular formula is C35H46F3N7O3S. The quantitative estimate of drug-likeness (QED) is 0.180. The van der Waals surface area contributed by atoms with E-state index >= 15 is 0 Å². The average Bonchev–Trinajstić information content (AvgIpc) is 3.52. The molecule has 0 saturated heterocycles. The van der Waals surface area contributed by atoms with Crippen molar-refractivity contribution in [2.75, 3.05) is 31.6 Å². The van der Waals surface area contributed by atoms with Crippen LogP contribution in [0.25, 0.3) is 11.5 Å². The molecule has 266 valence electrons. The maximum absolute atomic E-state index is 13.5. The van der Waals surface area contributed by atoms with E-state index in [-0.39, 0.29) is 5.88 Å². The third-order valence-electron chi connectivity index (χ3n) is 8.31. The van der Waals surface area contributed by atoms with E-state index in [1.807, 2.05) is 48.5 Å². The summed E-state index contributed by atoms with van der Waals surface area (Å²) >= 11 is 1.28. The number of anilines is 1. The lowest BCUT2D eigenvalue weighted by atomic mass is 9.93. The van der Waals surface area contributed by atoms with E-state index in [9.17, 15) is 23.1 Å². The van der Waals surface area contributed by atoms with Crippen LogP contribution in [0.1, 0.15) is 71.4 Å². The first-order valence-electron chi connectivity index (χ1n) is 16.3. The highest BCUT2D eigenvalue weighted by molar-refractivity contribution is 7.97. The van der Waals surface area contributed by atoms with Crippen LogP contribution in [0.5, 0.6) is 5.88 Å². The van der Waals surface area contributed by atoms with Crippen molar-refractivity contribution in [3.8, 4) is 5.88 Å². The molecule has 2 N–H and O–H groups in total. The summed E-state index contributed by atoms with van der Waals surface area (Å²) in [6.07, 6.45) is 3.40. The van der Waals surface area contributed by atoms with Crippen molar-refractivity contribution >= 4 is 41.5 Å². The van der Waals surface area contributed by atoms with Crippen LogP contribution in [0.2, 0.25) is 0 Å². The van der Waals surface area contributed by atoms with Crippen LogP contribution in [0.4, 0.5) is 19.0 Å². The number of nitrogens with one attached hydrogen (secondary N) is 1. The fourth-order valence-electron chi connectivity index (χ4n) is 5.20. The number of fused-ring (bicyclic) bond motifs is 3. The number of carboxylic acid groups (broad SMARTS) is 1. The average molecular weight is 702 g/mol. The number of nitrogens with zero attached hydrogens (tertiary/aromatic N) is 6. The summed E-state index contributed by atoms with van der Waals surface area (Å²) in [6, 6.07) is 15.3. The molecule has 49 heavy (non-hydrogen) atoms. The van der Waals surface area contributed by atoms with Gasteiger partial charge >= 0.3 is 12.1 Å². The Balaban J connectivity index is 1.75. The highest BCUT2D eigenvalue weighted by Crippen LogP contribution is 2.38. The molecule has 0 atom stereocenters. The third kappa shape index (κ3) is 9.78. The van der Waals surface area contributed by atoms with Gasteiger partial charge in [0.25, 0.3) is 0 Å². The SMILES string of the molecule is C/C=N\C(=C1\c2ccccc2CCCCCCN(CC(C)(C)C(=O)O)c2cccc(n2)SNN1C)n1ccc(OCC(C)(C)C(F)(F)F)n1. The lowest BCUT2D eigenvalue weighted by Gasteiger charge is -2.31. The van der Waals surface area contributed by atoms with Crippen molar-refractivity contribution in [2.24, 2.45) is 15.8 Å². The second-order valence-corrected chi connectivity index (χ2v) is 14.2. The highest BCUT2D eigenvalue weighted by atomic mass is 32.2. The molecule has 2 aromatic heterocycles. The second-order valence-electron chi connectivity index (χ2n) is 13.3. The summed E-state index contributed by atoms with van der Waals surface area (Å²) in [5.41, 5.74) is -0.314. The Morgan fingerprint density at radius 3 is 2.51 bits per heavy atom. The molecule has 1 aromatic carbocycles. The van der Waals surface area contributed by atoms with E-state index in [0.29, 0.717) is 35.5 Å². The summed E-state index contributed by atoms with van der Waals surface area (Å²) in [5, 5.41) is 16.8. The van der Waals surface area contributed by atoms with Crippen molar-refractivity contribution in [3.05, 3.63) is 65.9 Å². The normalized spacial score (nSPS) is 16.8. The molecule has 14 heteroatoms. The molecule has 0 saturated carbocycles. The Labute approximate surface area is 290 Å². The van der Waals surface area contributed by atoms with E-state index in [2.05, 4.69) is 20.9 Å². The topological polar surface area (TPSA) is 108 Å². The number of hydrazine groups is 1. The lowest BCUT2D eigenvalue weighted by molar-refractivity contribution is -0.219. The van der Waals surface area contributed by atoms with E-state index < -0.39 is 29.6 Å². The maximum Gasteiger partial charge on any atom is 0.397 e. The standard InChI is InChI=1S/C35H46F3N7O3S/c1-7-39-31(45-22-20-28(41-45)48-24-34(4,5)35(36,37)38)30-26-17-12-11-16-25(26)15-10-8-9-13-21-44(23-33(2,3)32(46)47)27-18-14-19-29(40-27)49-42-43(30)6/h7,11-12,14,16-20,22,42H,8-10,13,15,21,23-24H2,1-6H3,(H,46,47)/b31-30+,39-7-. The van der Waals surface area contributed by atoms with Crippen molar-refractivity contribution in [1.82, 2.24) is 24.6 Å². The molecule has 3 heterocycles. The number of hydrogen-bond acceptors (Lipinski definition) is 9. The number of rotatable bonds is 8. The Hall–Kier alpha value is -4.04. The Morgan fingerprint density at radius 1 is 1.06 bits per heavy atom. The number of alkyl halides is 3. The number of aryl methyl sites for hydroxylation is 1. The molecule has 10 nitrogen and oxygen atoms in total. The van der Waals surface area contributed by atoms with Gasteiger partial charge in [0, 0.05) is 44.2 Å². The Kier molecular flexibility index (Phi) is 12.4. The predicted molar refractivity (Wildman–Crippen MR) is 188 cm³/mol. The van der Waals surface area contributed by atoms with Gasteiger partial charge in [-0.15, -0.1) is 5.10 Å². The molecule has 3 aromatic rings. The molecule has 1 aliphatic rings. The molecule has 0 aliphatic carbocycles. The molecule has 2 bridgehead atoms. The fraction of sp³-hybridized carbons (Fsp3) is 0.486. The third-order valence-corrected chi connectivity index (χ3v) is 9.11. The van der Waals surface area contributed by atoms with Crippen LogP contribution >= 0.6 is 11.9 Å². The summed E-state index contributed by atoms with van der Waals surface area (Å²) in [6.45, 7) is 7.83. The molecule has 4 rings (SSSR count). The minimum atomic E-state index is -4.43. The maximum atomic E-state index is 13.5. The number of pyridine rings is 1. The van der Waals surface area contributed by atoms with Crippen LogP contribution in [0.15, 0.2) is 64.7 Å². The van der Waals surface area contributed by atoms with Gasteiger partial charge in [0.1, 0.15) is 23.1 Å². The number of halogens is 3. The number of hydrogen-bond donors (Lipinski definition) is 2. The number of aliphatic imine (C=N–C) groups is 1. The predicted octanol–water partition coefficient (Wildman–Crippen LogP) is 7.80. The van der Waals surface area contributed by atoms with E-state index in [4.69, 9.17) is 14.7 Å². The largest absolute Gasteiger partial charge is 0.481 e. The Morgan fingerprint density at radius 2 is 1.80 bits per heavy atom. The summed E-state index contributed by atoms with van der Waals surface area (Å²) < 4.78 is 47.5. The molecule has 1 aliphatic heterocycles. The molecule has 0 unspecified atom stereocenters. The van der Waals surface area contributed by atoms with Crippen LogP contribution in [0, 0.1) is 10.8 Å². The molecule has 0 amide bonds. The lowest BCUT2D eigenvalue weighted by Crippen LogP contribution is -2.40. The van der Waals surface area contributed by atoms with Gasteiger partial charge in [-0.25, -0.2) is 14.7 Å². The van der Waals surface area contributed by atoms with Gasteiger partial charge in [0.2, 0.25) is 5.88 Å². The van der Waals surface area contributed by atoms with Crippen LogP contribution in [0.3, 0.4) is 0 Å². The van der Waals surface area contributed by atoms with Crippen molar-refractivity contribution < 1.29 is 27.8 Å². The number of carboxylic acids is 1. The molecular weight excluding hydrogens is 655 g/mol. The second kappa shape index (κ2) is 16.1. The van der Waals surface area contributed by atoms with Gasteiger partial charge in [-0.3, -0.25) is 9.80 Å². The van der Waals surface area contributed by atoms with E-state index in [0.717, 1.165) is 57.1 Å². The summed E-state index contributed by atoms with van der Waals surface area (Å²) in [5.74, 6) is 0.314. The molecule has 0 radical (unpaired) electrons. The minimum absolute atomic E-state index is 0.0462. The molecule has 0 spiro atoms. The fourth-order valence-corrected chi connectivity index (χ4v) is 5.81. The zero-order valence-electron chi connectivity index (χ0n) is 28.9. The zero-order chi connectivity index (χ0) is 35.8. The van der Waals surface area contributed by atoms with Crippen LogP contribution < -0.4 is 14.5 Å². The van der Waals surface area contributed by atoms with Crippen LogP contribution in [-0.4, -0.2) is 70.0 Å². The highest BCUT2D eigenvalue weighted by Gasteiger charge is 2.48. The zero-order valence-corrected chi connectivity index (χ0v) is 29.7. The van der Waals surface area contributed by atoms with Gasteiger partial charge in [-0.1, -0.05) is 43.2 Å². The number of benzene rings is 1. The van der Waals surface area contributed by atoms with Gasteiger partial charge in [0.15, 0.2) is 5.82 Å². The smallest absolute Gasteiger partial charge is 0.397 e.